The SMILES string of the molecule is COc1ccc(Oc2nc(CNCC(C)C)co2)c(Br)c1. The molecule has 1 aromatic carbocycles. The second-order valence-corrected chi connectivity index (χ2v) is 5.88. The molecule has 0 spiro atoms. The highest BCUT2D eigenvalue weighted by Crippen LogP contribution is 2.32. The van der Waals surface area contributed by atoms with E-state index in [-0.39, 0.29) is 6.08 Å². The van der Waals surface area contributed by atoms with Crippen LogP contribution in [0.15, 0.2) is 33.4 Å². The van der Waals surface area contributed by atoms with Gasteiger partial charge in [-0.1, -0.05) is 13.8 Å². The van der Waals surface area contributed by atoms with Crippen molar-refractivity contribution in [3.63, 3.8) is 0 Å². The highest BCUT2D eigenvalue weighted by molar-refractivity contribution is 9.10. The molecular weight excluding hydrogens is 336 g/mol. The largest absolute Gasteiger partial charge is 0.497 e. The van der Waals surface area contributed by atoms with Gasteiger partial charge in [-0.25, -0.2) is 0 Å². The molecule has 0 aliphatic rings. The van der Waals surface area contributed by atoms with Crippen molar-refractivity contribution < 1.29 is 13.9 Å². The average molecular weight is 355 g/mol. The fraction of sp³-hybridized carbons (Fsp3) is 0.400. The first-order valence-corrected chi connectivity index (χ1v) is 7.54. The number of methoxy groups -OCH3 is 1. The van der Waals surface area contributed by atoms with Crippen LogP contribution in [0.3, 0.4) is 0 Å². The Balaban J connectivity index is 1.96. The first kappa shape index (κ1) is 15.9. The molecule has 0 saturated heterocycles. The molecule has 0 saturated carbocycles. The van der Waals surface area contributed by atoms with Crippen molar-refractivity contribution in [2.45, 2.75) is 20.4 Å². The predicted molar refractivity (Wildman–Crippen MR) is 83.8 cm³/mol. The quantitative estimate of drug-likeness (QED) is 0.814. The van der Waals surface area contributed by atoms with Crippen LogP contribution >= 0.6 is 15.9 Å². The maximum atomic E-state index is 5.61. The van der Waals surface area contributed by atoms with E-state index in [0.717, 1.165) is 22.5 Å². The van der Waals surface area contributed by atoms with E-state index in [1.807, 2.05) is 12.1 Å². The van der Waals surface area contributed by atoms with Gasteiger partial charge in [-0.15, -0.1) is 0 Å². The standard InChI is InChI=1S/C15H19BrN2O3/c1-10(2)7-17-8-11-9-20-15(18-11)21-14-5-4-12(19-3)6-13(14)16/h4-6,9-10,17H,7-8H2,1-3H3. The second-order valence-electron chi connectivity index (χ2n) is 5.03. The number of benzene rings is 1. The van der Waals surface area contributed by atoms with E-state index < -0.39 is 0 Å². The molecule has 2 rings (SSSR count). The molecule has 0 bridgehead atoms. The van der Waals surface area contributed by atoms with Crippen LogP contribution in [-0.2, 0) is 6.54 Å². The number of nitrogens with zero attached hydrogens (tertiary/aromatic N) is 1. The molecule has 0 atom stereocenters. The fourth-order valence-electron chi connectivity index (χ4n) is 1.69. The van der Waals surface area contributed by atoms with Crippen LogP contribution in [0.1, 0.15) is 19.5 Å². The van der Waals surface area contributed by atoms with E-state index in [0.29, 0.717) is 18.2 Å². The van der Waals surface area contributed by atoms with Crippen molar-refractivity contribution in [1.29, 1.82) is 0 Å². The van der Waals surface area contributed by atoms with Crippen molar-refractivity contribution in [3.05, 3.63) is 34.6 Å². The lowest BCUT2D eigenvalue weighted by atomic mass is 10.2. The summed E-state index contributed by atoms with van der Waals surface area (Å²) >= 11 is 3.42. The number of halogens is 1. The topological polar surface area (TPSA) is 56.5 Å². The van der Waals surface area contributed by atoms with Gasteiger partial charge in [-0.3, -0.25) is 0 Å². The molecule has 114 valence electrons. The highest BCUT2D eigenvalue weighted by atomic mass is 79.9. The van der Waals surface area contributed by atoms with Gasteiger partial charge in [-0.05, 0) is 46.6 Å². The van der Waals surface area contributed by atoms with Gasteiger partial charge in [0.2, 0.25) is 0 Å². The van der Waals surface area contributed by atoms with Crippen LogP contribution in [-0.4, -0.2) is 18.6 Å². The molecule has 1 N–H and O–H groups in total. The van der Waals surface area contributed by atoms with Crippen LogP contribution < -0.4 is 14.8 Å². The number of hydrogen-bond acceptors (Lipinski definition) is 5. The Morgan fingerprint density at radius 1 is 1.38 bits per heavy atom. The molecule has 0 fully saturated rings. The predicted octanol–water partition coefficient (Wildman–Crippen LogP) is 3.98. The molecular formula is C15H19BrN2O3. The van der Waals surface area contributed by atoms with Crippen molar-refractivity contribution in [3.8, 4) is 17.6 Å². The third-order valence-corrected chi connectivity index (χ3v) is 3.35. The van der Waals surface area contributed by atoms with Crippen molar-refractivity contribution in [2.75, 3.05) is 13.7 Å². The minimum Gasteiger partial charge on any atom is -0.497 e. The summed E-state index contributed by atoms with van der Waals surface area (Å²) in [5, 5.41) is 3.30. The summed E-state index contributed by atoms with van der Waals surface area (Å²) < 4.78 is 16.8. The van der Waals surface area contributed by atoms with Crippen LogP contribution in [0.2, 0.25) is 0 Å². The van der Waals surface area contributed by atoms with E-state index in [4.69, 9.17) is 13.9 Å². The summed E-state index contributed by atoms with van der Waals surface area (Å²) in [6.07, 6.45) is 1.82. The average Bonchev–Trinajstić information content (AvgIpc) is 2.88. The zero-order chi connectivity index (χ0) is 15.2. The summed E-state index contributed by atoms with van der Waals surface area (Å²) in [6.45, 7) is 5.92. The van der Waals surface area contributed by atoms with E-state index in [1.54, 1.807) is 19.4 Å². The third kappa shape index (κ3) is 4.75. The monoisotopic (exact) mass is 354 g/mol. The first-order chi connectivity index (χ1) is 10.1. The van der Waals surface area contributed by atoms with Gasteiger partial charge < -0.3 is 19.2 Å². The smallest absolute Gasteiger partial charge is 0.399 e. The molecule has 5 nitrogen and oxygen atoms in total. The van der Waals surface area contributed by atoms with E-state index in [2.05, 4.69) is 40.1 Å². The van der Waals surface area contributed by atoms with Gasteiger partial charge in [-0.2, -0.15) is 4.98 Å². The minimum atomic E-state index is 0.224. The number of oxazole rings is 1. The third-order valence-electron chi connectivity index (χ3n) is 2.73. The Kier molecular flexibility index (Phi) is 5.64. The molecule has 0 aliphatic heterocycles. The summed E-state index contributed by atoms with van der Waals surface area (Å²) in [5.74, 6) is 1.97. The number of ether oxygens (including phenoxy) is 2. The lowest BCUT2D eigenvalue weighted by Crippen LogP contribution is -2.19. The zero-order valence-corrected chi connectivity index (χ0v) is 13.9. The maximum Gasteiger partial charge on any atom is 0.399 e. The maximum absolute atomic E-state index is 5.61. The molecule has 0 radical (unpaired) electrons. The van der Waals surface area contributed by atoms with Gasteiger partial charge in [0.1, 0.15) is 17.8 Å². The fourth-order valence-corrected chi connectivity index (χ4v) is 2.13. The van der Waals surface area contributed by atoms with Gasteiger partial charge in [0.25, 0.3) is 0 Å². The lowest BCUT2D eigenvalue weighted by molar-refractivity contribution is 0.328. The first-order valence-electron chi connectivity index (χ1n) is 6.75. The van der Waals surface area contributed by atoms with Crippen molar-refractivity contribution >= 4 is 15.9 Å². The van der Waals surface area contributed by atoms with Crippen molar-refractivity contribution in [1.82, 2.24) is 10.3 Å². The molecule has 1 heterocycles. The van der Waals surface area contributed by atoms with Crippen LogP contribution in [0.5, 0.6) is 17.6 Å². The van der Waals surface area contributed by atoms with E-state index in [9.17, 15) is 0 Å². The molecule has 1 aromatic heterocycles. The van der Waals surface area contributed by atoms with Gasteiger partial charge in [0, 0.05) is 6.54 Å². The van der Waals surface area contributed by atoms with Gasteiger partial charge >= 0.3 is 6.08 Å². The summed E-state index contributed by atoms with van der Waals surface area (Å²) in [4.78, 5) is 4.28. The normalized spacial score (nSPS) is 10.9. The molecule has 21 heavy (non-hydrogen) atoms. The summed E-state index contributed by atoms with van der Waals surface area (Å²) in [6, 6.07) is 5.43. The Bertz CT molecular complexity index is 584. The Labute approximate surface area is 132 Å². The number of rotatable bonds is 7. The summed E-state index contributed by atoms with van der Waals surface area (Å²) in [5.41, 5.74) is 0.815. The number of hydrogen-bond donors (Lipinski definition) is 1. The highest BCUT2D eigenvalue weighted by Gasteiger charge is 2.09. The molecule has 6 heteroatoms. The molecule has 0 unspecified atom stereocenters. The molecule has 2 aromatic rings. The van der Waals surface area contributed by atoms with E-state index in [1.165, 1.54) is 0 Å². The zero-order valence-electron chi connectivity index (χ0n) is 12.4. The second kappa shape index (κ2) is 7.47. The van der Waals surface area contributed by atoms with Gasteiger partial charge in [0.15, 0.2) is 0 Å². The number of nitrogens with one attached hydrogen (secondary N) is 1. The lowest BCUT2D eigenvalue weighted by Gasteiger charge is -2.06. The Hall–Kier alpha value is -1.53. The van der Waals surface area contributed by atoms with Crippen LogP contribution in [0, 0.1) is 5.92 Å². The number of aromatic nitrogens is 1. The summed E-state index contributed by atoms with van der Waals surface area (Å²) in [7, 11) is 1.62. The van der Waals surface area contributed by atoms with Crippen molar-refractivity contribution in [2.24, 2.45) is 5.92 Å². The van der Waals surface area contributed by atoms with Crippen LogP contribution in [0.4, 0.5) is 0 Å². The Morgan fingerprint density at radius 2 is 2.19 bits per heavy atom. The van der Waals surface area contributed by atoms with Gasteiger partial charge in [0.05, 0.1) is 17.3 Å². The molecule has 0 aliphatic carbocycles. The molecule has 0 amide bonds. The van der Waals surface area contributed by atoms with Crippen LogP contribution in [0.25, 0.3) is 0 Å². The Morgan fingerprint density at radius 3 is 2.86 bits per heavy atom. The van der Waals surface area contributed by atoms with E-state index >= 15 is 0 Å². The minimum absolute atomic E-state index is 0.224.